The molecule has 0 aromatic carbocycles. The molecule has 2 heteroatoms. The molecule has 1 saturated heterocycles. The summed E-state index contributed by atoms with van der Waals surface area (Å²) in [5, 5.41) is 0. The highest BCUT2D eigenvalue weighted by Gasteiger charge is 2.39. The maximum Gasteiger partial charge on any atom is 0.163 e. The summed E-state index contributed by atoms with van der Waals surface area (Å²) in [5.74, 6) is -0.441. The van der Waals surface area contributed by atoms with Gasteiger partial charge < -0.3 is 9.47 Å². The fourth-order valence-electron chi connectivity index (χ4n) is 2.05. The van der Waals surface area contributed by atoms with E-state index in [1.54, 1.807) is 0 Å². The van der Waals surface area contributed by atoms with Gasteiger partial charge in [0.1, 0.15) is 0 Å². The van der Waals surface area contributed by atoms with E-state index in [1.807, 2.05) is 19.9 Å². The van der Waals surface area contributed by atoms with Gasteiger partial charge in [-0.25, -0.2) is 0 Å². The lowest BCUT2D eigenvalue weighted by Gasteiger charge is -2.16. The normalized spacial score (nSPS) is 27.8. The van der Waals surface area contributed by atoms with Crippen molar-refractivity contribution in [1.29, 1.82) is 0 Å². The first-order chi connectivity index (χ1) is 7.44. The van der Waals surface area contributed by atoms with Gasteiger partial charge in [0.25, 0.3) is 0 Å². The fourth-order valence-corrected chi connectivity index (χ4v) is 2.05. The summed E-state index contributed by atoms with van der Waals surface area (Å²) in [6.07, 6.45) is 7.46. The number of hydrogen-bond acceptors (Lipinski definition) is 2. The molecule has 1 heterocycles. The summed E-state index contributed by atoms with van der Waals surface area (Å²) in [7, 11) is 0. The maximum absolute atomic E-state index is 5.90. The Morgan fingerprint density at radius 1 is 1.25 bits per heavy atom. The molecule has 92 valence electrons. The second kappa shape index (κ2) is 5.65. The van der Waals surface area contributed by atoms with E-state index >= 15 is 0 Å². The zero-order valence-electron chi connectivity index (χ0n) is 11.0. The molecule has 0 aromatic heterocycles. The van der Waals surface area contributed by atoms with Gasteiger partial charge in [-0.15, -0.1) is 6.58 Å². The van der Waals surface area contributed by atoms with Crippen LogP contribution in [-0.2, 0) is 9.47 Å². The highest BCUT2D eigenvalue weighted by molar-refractivity contribution is 4.95. The predicted molar refractivity (Wildman–Crippen MR) is 67.3 cm³/mol. The van der Waals surface area contributed by atoms with E-state index in [0.717, 1.165) is 19.3 Å². The summed E-state index contributed by atoms with van der Waals surface area (Å²) in [4.78, 5) is 0. The molecule has 0 unspecified atom stereocenters. The van der Waals surface area contributed by atoms with Crippen molar-refractivity contribution in [2.75, 3.05) is 0 Å². The first-order valence-corrected chi connectivity index (χ1v) is 6.04. The minimum absolute atomic E-state index is 0.165. The molecular formula is C14H24O2. The molecule has 0 bridgehead atoms. The molecule has 1 rings (SSSR count). The standard InChI is InChI=1S/C14H24O2/c1-6-8-12-13(10-7-9-11(2)3)16-14(4,5)15-12/h6,9,12-13H,1,7-8,10H2,2-5H3/t12-,13+/m1/s1. The zero-order chi connectivity index (χ0) is 12.2. The van der Waals surface area contributed by atoms with Crippen LogP contribution < -0.4 is 0 Å². The highest BCUT2D eigenvalue weighted by Crippen LogP contribution is 2.32. The third-order valence-electron chi connectivity index (χ3n) is 2.69. The predicted octanol–water partition coefficient (Wildman–Crippen LogP) is 3.83. The van der Waals surface area contributed by atoms with Gasteiger partial charge in [-0.3, -0.25) is 0 Å². The van der Waals surface area contributed by atoms with Gasteiger partial charge in [-0.1, -0.05) is 17.7 Å². The van der Waals surface area contributed by atoms with Crippen molar-refractivity contribution < 1.29 is 9.47 Å². The van der Waals surface area contributed by atoms with Crippen LogP contribution in [0.2, 0.25) is 0 Å². The van der Waals surface area contributed by atoms with E-state index in [2.05, 4.69) is 26.5 Å². The van der Waals surface area contributed by atoms with E-state index in [0.29, 0.717) is 0 Å². The Morgan fingerprint density at radius 3 is 2.44 bits per heavy atom. The third kappa shape index (κ3) is 4.11. The molecule has 0 spiro atoms. The Kier molecular flexibility index (Phi) is 4.75. The molecule has 16 heavy (non-hydrogen) atoms. The van der Waals surface area contributed by atoms with Crippen LogP contribution in [-0.4, -0.2) is 18.0 Å². The second-order valence-corrected chi connectivity index (χ2v) is 5.10. The van der Waals surface area contributed by atoms with Crippen LogP contribution in [0.15, 0.2) is 24.3 Å². The minimum atomic E-state index is -0.441. The Labute approximate surface area is 99.3 Å². The minimum Gasteiger partial charge on any atom is -0.345 e. The average Bonchev–Trinajstić information content (AvgIpc) is 2.41. The summed E-state index contributed by atoms with van der Waals surface area (Å²) in [5.41, 5.74) is 1.36. The molecule has 0 N–H and O–H groups in total. The Bertz CT molecular complexity index is 262. The lowest BCUT2D eigenvalue weighted by atomic mass is 10.1. The van der Waals surface area contributed by atoms with Crippen molar-refractivity contribution in [3.05, 3.63) is 24.3 Å². The van der Waals surface area contributed by atoms with Crippen molar-refractivity contribution in [3.63, 3.8) is 0 Å². The number of allylic oxidation sites excluding steroid dienone is 2. The molecule has 1 fully saturated rings. The van der Waals surface area contributed by atoms with Crippen LogP contribution >= 0.6 is 0 Å². The number of hydrogen-bond donors (Lipinski definition) is 0. The van der Waals surface area contributed by atoms with Crippen molar-refractivity contribution >= 4 is 0 Å². The lowest BCUT2D eigenvalue weighted by Crippen LogP contribution is -2.21. The van der Waals surface area contributed by atoms with Gasteiger partial charge in [0.2, 0.25) is 0 Å². The van der Waals surface area contributed by atoms with Crippen LogP contribution in [0.1, 0.15) is 47.0 Å². The van der Waals surface area contributed by atoms with Gasteiger partial charge in [-0.05, 0) is 47.0 Å². The van der Waals surface area contributed by atoms with Gasteiger partial charge in [0.15, 0.2) is 5.79 Å². The van der Waals surface area contributed by atoms with Crippen molar-refractivity contribution in [3.8, 4) is 0 Å². The van der Waals surface area contributed by atoms with Crippen molar-refractivity contribution in [2.24, 2.45) is 0 Å². The van der Waals surface area contributed by atoms with Gasteiger partial charge >= 0.3 is 0 Å². The molecule has 1 aliphatic heterocycles. The first-order valence-electron chi connectivity index (χ1n) is 6.04. The van der Waals surface area contributed by atoms with Gasteiger partial charge in [0.05, 0.1) is 12.2 Å². The van der Waals surface area contributed by atoms with E-state index in [-0.39, 0.29) is 12.2 Å². The fraction of sp³-hybridized carbons (Fsp3) is 0.714. The van der Waals surface area contributed by atoms with Gasteiger partial charge in [0, 0.05) is 0 Å². The largest absolute Gasteiger partial charge is 0.345 e. The highest BCUT2D eigenvalue weighted by atomic mass is 16.7. The SMILES string of the molecule is C=CC[C@H]1OC(C)(C)O[C@H]1CCC=C(C)C. The van der Waals surface area contributed by atoms with Crippen LogP contribution in [0.3, 0.4) is 0 Å². The van der Waals surface area contributed by atoms with Crippen molar-refractivity contribution in [1.82, 2.24) is 0 Å². The van der Waals surface area contributed by atoms with Crippen LogP contribution in [0.5, 0.6) is 0 Å². The Balaban J connectivity index is 2.49. The molecule has 0 amide bonds. The Hall–Kier alpha value is -0.600. The maximum atomic E-state index is 5.90. The summed E-state index contributed by atoms with van der Waals surface area (Å²) in [6, 6.07) is 0. The van der Waals surface area contributed by atoms with E-state index in [9.17, 15) is 0 Å². The van der Waals surface area contributed by atoms with E-state index in [1.165, 1.54) is 5.57 Å². The summed E-state index contributed by atoms with van der Waals surface area (Å²) < 4.78 is 11.7. The molecular weight excluding hydrogens is 200 g/mol. The lowest BCUT2D eigenvalue weighted by molar-refractivity contribution is -0.146. The molecule has 0 radical (unpaired) electrons. The number of rotatable bonds is 5. The smallest absolute Gasteiger partial charge is 0.163 e. The van der Waals surface area contributed by atoms with Gasteiger partial charge in [-0.2, -0.15) is 0 Å². The summed E-state index contributed by atoms with van der Waals surface area (Å²) in [6.45, 7) is 12.0. The number of ether oxygens (including phenoxy) is 2. The quantitative estimate of drug-likeness (QED) is 0.661. The topological polar surface area (TPSA) is 18.5 Å². The third-order valence-corrected chi connectivity index (χ3v) is 2.69. The average molecular weight is 224 g/mol. The van der Waals surface area contributed by atoms with Crippen LogP contribution in [0.4, 0.5) is 0 Å². The molecule has 2 atom stereocenters. The molecule has 0 aromatic rings. The van der Waals surface area contributed by atoms with E-state index in [4.69, 9.17) is 9.47 Å². The molecule has 1 aliphatic rings. The first kappa shape index (κ1) is 13.5. The van der Waals surface area contributed by atoms with Crippen LogP contribution in [0, 0.1) is 0 Å². The molecule has 0 aliphatic carbocycles. The summed E-state index contributed by atoms with van der Waals surface area (Å²) >= 11 is 0. The molecule has 0 saturated carbocycles. The van der Waals surface area contributed by atoms with Crippen LogP contribution in [0.25, 0.3) is 0 Å². The van der Waals surface area contributed by atoms with Crippen molar-refractivity contribution in [2.45, 2.75) is 65.0 Å². The van der Waals surface area contributed by atoms with E-state index < -0.39 is 5.79 Å². The Morgan fingerprint density at radius 2 is 1.88 bits per heavy atom. The zero-order valence-corrected chi connectivity index (χ0v) is 11.0. The molecule has 2 nitrogen and oxygen atoms in total. The monoisotopic (exact) mass is 224 g/mol. The second-order valence-electron chi connectivity index (χ2n) is 5.10.